The van der Waals surface area contributed by atoms with Gasteiger partial charge in [0, 0.05) is 0 Å². The summed E-state index contributed by atoms with van der Waals surface area (Å²) in [5.74, 6) is 0. The summed E-state index contributed by atoms with van der Waals surface area (Å²) >= 11 is 0. The predicted molar refractivity (Wildman–Crippen MR) is 50.0 cm³/mol. The molecule has 2 atom stereocenters. The summed E-state index contributed by atoms with van der Waals surface area (Å²) in [6.45, 7) is -1.51. The average Bonchev–Trinajstić information content (AvgIpc) is 1.96. The average molecular weight is 294 g/mol. The van der Waals surface area contributed by atoms with Crippen molar-refractivity contribution >= 4 is 53.4 Å². The van der Waals surface area contributed by atoms with E-state index in [2.05, 4.69) is 8.83 Å². The maximum absolute atomic E-state index is 10.7. The van der Waals surface area contributed by atoms with Crippen molar-refractivity contribution in [3.8, 4) is 0 Å². The normalized spacial score (nSPS) is 17.7. The molecule has 0 saturated heterocycles. The van der Waals surface area contributed by atoms with Crippen LogP contribution in [0.1, 0.15) is 2.85 Å². The summed E-state index contributed by atoms with van der Waals surface area (Å²) in [6.07, 6.45) is -1.43. The van der Waals surface area contributed by atoms with Gasteiger partial charge in [0.2, 0.25) is 0 Å². The Morgan fingerprint density at radius 1 is 1.27 bits per heavy atom. The largest absolute Gasteiger partial charge is 2.00 e. The first-order valence-corrected chi connectivity index (χ1v) is 6.22. The molecule has 0 bridgehead atoms. The summed E-state index contributed by atoms with van der Waals surface area (Å²) in [4.78, 5) is 24.9. The summed E-state index contributed by atoms with van der Waals surface area (Å²) in [5, 5.41) is 16.9. The van der Waals surface area contributed by atoms with Crippen molar-refractivity contribution in [3.63, 3.8) is 0 Å². The van der Waals surface area contributed by atoms with Gasteiger partial charge < -0.3 is 27.7 Å². The van der Waals surface area contributed by atoms with Crippen LogP contribution in [0.25, 0.3) is 0 Å². The minimum atomic E-state index is -5.14. The van der Waals surface area contributed by atoms with Crippen LogP contribution in [0.3, 0.4) is 0 Å². The first-order valence-electron chi connectivity index (χ1n) is 3.19. The van der Waals surface area contributed by atoms with Crippen molar-refractivity contribution in [2.24, 2.45) is 0 Å². The second kappa shape index (κ2) is 7.71. The van der Waals surface area contributed by atoms with Gasteiger partial charge in [-0.05, 0) is 0 Å². The summed E-state index contributed by atoms with van der Waals surface area (Å²) < 4.78 is 28.1. The maximum Gasteiger partial charge on any atom is 2.00 e. The molecule has 90 valence electrons. The van der Waals surface area contributed by atoms with Gasteiger partial charge in [0.05, 0.1) is 13.2 Å². The van der Waals surface area contributed by atoms with E-state index in [1.54, 1.807) is 0 Å². The molecule has 5 N–H and O–H groups in total. The molecule has 0 aromatic heterocycles. The maximum atomic E-state index is 10.7. The van der Waals surface area contributed by atoms with Gasteiger partial charge in [0.1, 0.15) is 6.10 Å². The Bertz CT molecular complexity index is 271. The van der Waals surface area contributed by atoms with Crippen LogP contribution in [0.15, 0.2) is 0 Å². The summed E-state index contributed by atoms with van der Waals surface area (Å²) in [6, 6.07) is 0. The number of aliphatic hydroxyl groups is 2. The molecule has 0 aliphatic carbocycles. The van der Waals surface area contributed by atoms with Crippen molar-refractivity contribution in [2.45, 2.75) is 6.10 Å². The molecule has 12 heteroatoms. The molecule has 9 nitrogen and oxygen atoms in total. The fraction of sp³-hybridized carbons (Fsp3) is 1.00. The molecule has 0 heterocycles. The monoisotopic (exact) mass is 294 g/mol. The molecule has 0 radical (unpaired) electrons. The molecular formula is C3H12CaO9P2. The number of hydrogen-bond acceptors (Lipinski definition) is 6. The van der Waals surface area contributed by atoms with Crippen molar-refractivity contribution in [3.05, 3.63) is 0 Å². The van der Waals surface area contributed by atoms with E-state index in [9.17, 15) is 9.13 Å². The molecule has 0 aromatic rings. The molecule has 15 heavy (non-hydrogen) atoms. The smallest absolute Gasteiger partial charge is 1.00 e. The van der Waals surface area contributed by atoms with E-state index in [0.717, 1.165) is 0 Å². The van der Waals surface area contributed by atoms with Crippen LogP contribution in [0, 0.1) is 0 Å². The van der Waals surface area contributed by atoms with Crippen LogP contribution in [-0.4, -0.2) is 81.9 Å². The van der Waals surface area contributed by atoms with E-state index in [4.69, 9.17) is 24.9 Å². The van der Waals surface area contributed by atoms with Gasteiger partial charge in [0.15, 0.2) is 0 Å². The fourth-order valence-electron chi connectivity index (χ4n) is 0.391. The van der Waals surface area contributed by atoms with Crippen LogP contribution in [0.5, 0.6) is 0 Å². The molecule has 0 saturated carbocycles. The second-order valence-electron chi connectivity index (χ2n) is 2.17. The first-order chi connectivity index (χ1) is 6.16. The van der Waals surface area contributed by atoms with Crippen LogP contribution in [0.4, 0.5) is 0 Å². The third kappa shape index (κ3) is 11.7. The third-order valence-electron chi connectivity index (χ3n) is 0.850. The van der Waals surface area contributed by atoms with Gasteiger partial charge in [-0.15, -0.1) is 0 Å². The molecule has 0 amide bonds. The van der Waals surface area contributed by atoms with Crippen LogP contribution in [0.2, 0.25) is 0 Å². The van der Waals surface area contributed by atoms with Crippen molar-refractivity contribution in [2.75, 3.05) is 13.2 Å². The minimum Gasteiger partial charge on any atom is -1.00 e. The number of hydrogen-bond donors (Lipinski definition) is 5. The standard InChI is InChI=1S/C3H10O9P2.Ca.2H/c4-1-3(5)2-11-14(9,10)12-13(6,7)8;;;/h3-5H,1-2H2,(H,9,10)(H2,6,7,8);;;/q;+2;2*-1. The Hall–Kier alpha value is 1.44. The molecule has 0 spiro atoms. The predicted octanol–water partition coefficient (Wildman–Crippen LogP) is -1.59. The molecule has 2 unspecified atom stereocenters. The van der Waals surface area contributed by atoms with Gasteiger partial charge in [0.25, 0.3) is 0 Å². The molecule has 0 aliphatic rings. The quantitative estimate of drug-likeness (QED) is 0.288. The third-order valence-corrected chi connectivity index (χ3v) is 3.00. The number of phosphoric ester groups is 1. The molecular weight excluding hydrogens is 282 g/mol. The zero-order chi connectivity index (χ0) is 11.4. The fourth-order valence-corrected chi connectivity index (χ4v) is 2.02. The van der Waals surface area contributed by atoms with Crippen molar-refractivity contribution in [1.29, 1.82) is 0 Å². The second-order valence-corrected chi connectivity index (χ2v) is 5.00. The van der Waals surface area contributed by atoms with Gasteiger partial charge in [-0.1, -0.05) is 0 Å². The Kier molecular flexibility index (Phi) is 9.66. The van der Waals surface area contributed by atoms with Crippen LogP contribution in [-0.2, 0) is 18.0 Å². The van der Waals surface area contributed by atoms with Gasteiger partial charge in [-0.2, -0.15) is 4.31 Å². The van der Waals surface area contributed by atoms with Crippen molar-refractivity contribution < 1.29 is 45.7 Å². The molecule has 0 fully saturated rings. The molecule has 0 aromatic carbocycles. The number of rotatable bonds is 6. The van der Waals surface area contributed by atoms with E-state index in [1.807, 2.05) is 0 Å². The van der Waals surface area contributed by atoms with Crippen LogP contribution < -0.4 is 0 Å². The Balaban J connectivity index is -0.000000282. The molecule has 0 rings (SSSR count). The Morgan fingerprint density at radius 3 is 2.07 bits per heavy atom. The van der Waals surface area contributed by atoms with Gasteiger partial charge in [-0.3, -0.25) is 4.52 Å². The topological polar surface area (TPSA) is 154 Å². The molecule has 0 aliphatic heterocycles. The minimum absolute atomic E-state index is 0. The van der Waals surface area contributed by atoms with Crippen LogP contribution >= 0.6 is 15.6 Å². The van der Waals surface area contributed by atoms with E-state index in [-0.39, 0.29) is 40.6 Å². The van der Waals surface area contributed by atoms with E-state index < -0.39 is 35.0 Å². The Morgan fingerprint density at radius 2 is 1.73 bits per heavy atom. The Labute approximate surface area is 118 Å². The number of phosphoric acid groups is 2. The zero-order valence-corrected chi connectivity index (χ0v) is 11.5. The van der Waals surface area contributed by atoms with Crippen molar-refractivity contribution in [1.82, 2.24) is 0 Å². The van der Waals surface area contributed by atoms with E-state index >= 15 is 0 Å². The van der Waals surface area contributed by atoms with E-state index in [1.165, 1.54) is 0 Å². The number of aliphatic hydroxyl groups excluding tert-OH is 2. The van der Waals surface area contributed by atoms with Gasteiger partial charge in [-0.25, -0.2) is 9.13 Å². The van der Waals surface area contributed by atoms with Gasteiger partial charge >= 0.3 is 53.4 Å². The first kappa shape index (κ1) is 18.8. The van der Waals surface area contributed by atoms with E-state index in [0.29, 0.717) is 0 Å². The SMILES string of the molecule is O=P(O)(O)OP(=O)(O)OCC(O)CO.[Ca+2].[H-].[H-]. The summed E-state index contributed by atoms with van der Waals surface area (Å²) in [7, 11) is -10.1. The zero-order valence-electron chi connectivity index (χ0n) is 9.46. The summed E-state index contributed by atoms with van der Waals surface area (Å²) in [5.41, 5.74) is 0.